The van der Waals surface area contributed by atoms with Gasteiger partial charge in [-0.3, -0.25) is 4.90 Å². The number of benzene rings is 3. The Hall–Kier alpha value is -1.55. The average molecular weight is 410 g/mol. The molecule has 4 rings (SSSR count). The van der Waals surface area contributed by atoms with Crippen LogP contribution in [-0.2, 0) is 0 Å². The van der Waals surface area contributed by atoms with Gasteiger partial charge in [-0.05, 0) is 35.4 Å². The van der Waals surface area contributed by atoms with Gasteiger partial charge in [0.2, 0.25) is 0 Å². The maximum Gasteiger partial charge on any atom is 0.0602 e. The highest BCUT2D eigenvalue weighted by molar-refractivity contribution is 9.10. The van der Waals surface area contributed by atoms with E-state index >= 15 is 0 Å². The Bertz CT molecular complexity index is 759. The maximum atomic E-state index is 3.51. The predicted octanol–water partition coefficient (Wildman–Crippen LogP) is 6.02. The van der Waals surface area contributed by atoms with E-state index in [1.807, 2.05) is 11.8 Å². The van der Waals surface area contributed by atoms with Crippen molar-refractivity contribution in [3.8, 4) is 0 Å². The fourth-order valence-corrected chi connectivity index (χ4v) is 4.82. The maximum absolute atomic E-state index is 3.51. The lowest BCUT2D eigenvalue weighted by atomic mass is 9.94. The highest BCUT2D eigenvalue weighted by atomic mass is 79.9. The SMILES string of the molecule is Brc1ccc(SC2CN(C(c3ccccc3)c3ccccc3)C2)cc1. The Morgan fingerprint density at radius 2 is 1.28 bits per heavy atom. The van der Waals surface area contributed by atoms with Crippen LogP contribution in [0.3, 0.4) is 0 Å². The lowest BCUT2D eigenvalue weighted by molar-refractivity contribution is 0.148. The van der Waals surface area contributed by atoms with Crippen LogP contribution in [0.25, 0.3) is 0 Å². The molecule has 1 saturated heterocycles. The minimum absolute atomic E-state index is 0.351. The molecule has 1 aliphatic rings. The Morgan fingerprint density at radius 3 is 1.80 bits per heavy atom. The quantitative estimate of drug-likeness (QED) is 0.506. The standard InChI is InChI=1S/C22H20BrNS/c23-19-11-13-20(14-12-19)25-21-15-24(16-21)22(17-7-3-1-4-8-17)18-9-5-2-6-10-18/h1-14,21-22H,15-16H2. The van der Waals surface area contributed by atoms with Crippen molar-refractivity contribution in [3.05, 3.63) is 101 Å². The number of hydrogen-bond acceptors (Lipinski definition) is 2. The molecule has 25 heavy (non-hydrogen) atoms. The number of nitrogens with zero attached hydrogens (tertiary/aromatic N) is 1. The molecule has 1 aliphatic heterocycles. The first-order valence-corrected chi connectivity index (χ1v) is 10.2. The van der Waals surface area contributed by atoms with Crippen LogP contribution in [0.15, 0.2) is 94.3 Å². The molecule has 1 heterocycles. The van der Waals surface area contributed by atoms with Gasteiger partial charge >= 0.3 is 0 Å². The van der Waals surface area contributed by atoms with Crippen LogP contribution in [-0.4, -0.2) is 23.2 Å². The van der Waals surface area contributed by atoms with E-state index in [4.69, 9.17) is 0 Å². The Balaban J connectivity index is 1.48. The van der Waals surface area contributed by atoms with Crippen molar-refractivity contribution in [2.24, 2.45) is 0 Å². The molecule has 0 amide bonds. The van der Waals surface area contributed by atoms with Gasteiger partial charge in [0.05, 0.1) is 6.04 Å². The van der Waals surface area contributed by atoms with E-state index in [-0.39, 0.29) is 0 Å². The molecule has 0 atom stereocenters. The molecule has 3 aromatic rings. The summed E-state index contributed by atoms with van der Waals surface area (Å²) in [4.78, 5) is 3.94. The molecule has 0 bridgehead atoms. The fourth-order valence-electron chi connectivity index (χ4n) is 3.35. The third-order valence-corrected chi connectivity index (χ3v) is 6.29. The highest BCUT2D eigenvalue weighted by Crippen LogP contribution is 2.38. The predicted molar refractivity (Wildman–Crippen MR) is 110 cm³/mol. The number of thioether (sulfide) groups is 1. The second kappa shape index (κ2) is 7.77. The normalized spacial score (nSPS) is 15.3. The Morgan fingerprint density at radius 1 is 0.760 bits per heavy atom. The summed E-state index contributed by atoms with van der Waals surface area (Å²) in [5.74, 6) is 0. The zero-order valence-corrected chi connectivity index (χ0v) is 16.3. The molecule has 3 aromatic carbocycles. The van der Waals surface area contributed by atoms with Crippen molar-refractivity contribution in [2.75, 3.05) is 13.1 Å². The monoisotopic (exact) mass is 409 g/mol. The van der Waals surface area contributed by atoms with E-state index in [0.717, 1.165) is 17.6 Å². The summed E-state index contributed by atoms with van der Waals surface area (Å²) >= 11 is 5.49. The number of likely N-dealkylation sites (tertiary alicyclic amines) is 1. The van der Waals surface area contributed by atoms with Crippen LogP contribution >= 0.6 is 27.7 Å². The van der Waals surface area contributed by atoms with Gasteiger partial charge in [0.25, 0.3) is 0 Å². The lowest BCUT2D eigenvalue weighted by Crippen LogP contribution is -2.50. The van der Waals surface area contributed by atoms with E-state index in [1.54, 1.807) is 0 Å². The van der Waals surface area contributed by atoms with Gasteiger partial charge < -0.3 is 0 Å². The number of rotatable bonds is 5. The summed E-state index contributed by atoms with van der Waals surface area (Å²) in [6.07, 6.45) is 0. The fraction of sp³-hybridized carbons (Fsp3) is 0.182. The summed E-state index contributed by atoms with van der Waals surface area (Å²) in [7, 11) is 0. The molecule has 0 aliphatic carbocycles. The largest absolute Gasteiger partial charge is 0.290 e. The Labute approximate surface area is 162 Å². The summed E-state index contributed by atoms with van der Waals surface area (Å²) < 4.78 is 1.14. The van der Waals surface area contributed by atoms with Gasteiger partial charge in [-0.25, -0.2) is 0 Å². The second-order valence-electron chi connectivity index (χ2n) is 6.37. The van der Waals surface area contributed by atoms with Gasteiger partial charge in [-0.15, -0.1) is 11.8 Å². The molecule has 0 N–H and O–H groups in total. The molecule has 126 valence electrons. The summed E-state index contributed by atoms with van der Waals surface area (Å²) in [6.45, 7) is 2.24. The van der Waals surface area contributed by atoms with Crippen molar-refractivity contribution < 1.29 is 0 Å². The molecule has 0 spiro atoms. The van der Waals surface area contributed by atoms with Gasteiger partial charge in [0.15, 0.2) is 0 Å². The van der Waals surface area contributed by atoms with E-state index in [1.165, 1.54) is 16.0 Å². The van der Waals surface area contributed by atoms with Crippen LogP contribution in [0.5, 0.6) is 0 Å². The van der Waals surface area contributed by atoms with Crippen molar-refractivity contribution in [3.63, 3.8) is 0 Å². The molecule has 0 aromatic heterocycles. The third-order valence-electron chi connectivity index (χ3n) is 4.59. The van der Waals surface area contributed by atoms with Gasteiger partial charge in [-0.1, -0.05) is 76.6 Å². The van der Waals surface area contributed by atoms with Crippen LogP contribution in [0.4, 0.5) is 0 Å². The number of halogens is 1. The van der Waals surface area contributed by atoms with E-state index in [2.05, 4.69) is 106 Å². The van der Waals surface area contributed by atoms with Crippen molar-refractivity contribution in [2.45, 2.75) is 16.2 Å². The summed E-state index contributed by atoms with van der Waals surface area (Å²) in [5.41, 5.74) is 2.75. The lowest BCUT2D eigenvalue weighted by Gasteiger charge is -2.44. The first-order valence-electron chi connectivity index (χ1n) is 8.56. The second-order valence-corrected chi connectivity index (χ2v) is 8.66. The minimum Gasteiger partial charge on any atom is -0.290 e. The Kier molecular flexibility index (Phi) is 5.25. The summed E-state index contributed by atoms with van der Waals surface area (Å²) in [6, 6.07) is 30.7. The van der Waals surface area contributed by atoms with Gasteiger partial charge in [0, 0.05) is 27.7 Å². The van der Waals surface area contributed by atoms with E-state index in [0.29, 0.717) is 11.3 Å². The first kappa shape index (κ1) is 16.9. The van der Waals surface area contributed by atoms with Gasteiger partial charge in [-0.2, -0.15) is 0 Å². The smallest absolute Gasteiger partial charge is 0.0602 e. The molecule has 1 nitrogen and oxygen atoms in total. The molecular formula is C22H20BrNS. The van der Waals surface area contributed by atoms with Crippen molar-refractivity contribution >= 4 is 27.7 Å². The molecule has 0 saturated carbocycles. The van der Waals surface area contributed by atoms with Crippen LogP contribution in [0.1, 0.15) is 17.2 Å². The number of hydrogen-bond donors (Lipinski definition) is 0. The summed E-state index contributed by atoms with van der Waals surface area (Å²) in [5, 5.41) is 0.663. The van der Waals surface area contributed by atoms with Crippen LogP contribution in [0.2, 0.25) is 0 Å². The minimum atomic E-state index is 0.351. The first-order chi connectivity index (χ1) is 12.3. The third kappa shape index (κ3) is 4.00. The molecule has 0 radical (unpaired) electrons. The molecule has 3 heteroatoms. The van der Waals surface area contributed by atoms with E-state index < -0.39 is 0 Å². The van der Waals surface area contributed by atoms with Crippen molar-refractivity contribution in [1.82, 2.24) is 4.90 Å². The van der Waals surface area contributed by atoms with Crippen molar-refractivity contribution in [1.29, 1.82) is 0 Å². The van der Waals surface area contributed by atoms with Crippen LogP contribution < -0.4 is 0 Å². The zero-order valence-electron chi connectivity index (χ0n) is 13.9. The highest BCUT2D eigenvalue weighted by Gasteiger charge is 2.34. The van der Waals surface area contributed by atoms with E-state index in [9.17, 15) is 0 Å². The molecule has 0 unspecified atom stereocenters. The molecule has 1 fully saturated rings. The zero-order chi connectivity index (χ0) is 17.1. The van der Waals surface area contributed by atoms with Gasteiger partial charge in [0.1, 0.15) is 0 Å². The van der Waals surface area contributed by atoms with Crippen LogP contribution in [0, 0.1) is 0 Å². The molecular weight excluding hydrogens is 390 g/mol. The average Bonchev–Trinajstić information content (AvgIpc) is 2.63. The topological polar surface area (TPSA) is 3.24 Å².